The first-order chi connectivity index (χ1) is 20.7. The Kier molecular flexibility index (Phi) is 15.2. The summed E-state index contributed by atoms with van der Waals surface area (Å²) in [5.41, 5.74) is 3.95. The Labute approximate surface area is 266 Å². The predicted molar refractivity (Wildman–Crippen MR) is 180 cm³/mol. The van der Waals surface area contributed by atoms with Crippen LogP contribution in [-0.4, -0.2) is 55.5 Å². The van der Waals surface area contributed by atoms with Crippen LogP contribution in [0.15, 0.2) is 72.8 Å². The molecular formula is C38H56O6. The molecule has 3 aromatic rings. The molecule has 2 unspecified atom stereocenters. The number of hydrogen-bond donors (Lipinski definition) is 2. The third-order valence-electron chi connectivity index (χ3n) is 7.33. The molecule has 0 spiro atoms. The molecule has 0 saturated carbocycles. The number of para-hydroxylation sites is 1. The van der Waals surface area contributed by atoms with Crippen molar-refractivity contribution in [3.63, 3.8) is 0 Å². The molecule has 244 valence electrons. The van der Waals surface area contributed by atoms with E-state index in [9.17, 15) is 10.2 Å². The number of benzene rings is 3. The Morgan fingerprint density at radius 2 is 1.02 bits per heavy atom. The van der Waals surface area contributed by atoms with Gasteiger partial charge in [-0.1, -0.05) is 97.9 Å². The number of aliphatic hydroxyl groups excluding tert-OH is 2. The first-order valence-electron chi connectivity index (χ1n) is 15.9. The van der Waals surface area contributed by atoms with Crippen molar-refractivity contribution in [3.8, 4) is 17.2 Å². The van der Waals surface area contributed by atoms with Gasteiger partial charge >= 0.3 is 0 Å². The van der Waals surface area contributed by atoms with Crippen LogP contribution in [-0.2, 0) is 15.6 Å². The van der Waals surface area contributed by atoms with E-state index in [1.165, 1.54) is 16.7 Å². The lowest BCUT2D eigenvalue weighted by Gasteiger charge is -2.20. The van der Waals surface area contributed by atoms with Crippen LogP contribution in [0.4, 0.5) is 0 Å². The molecule has 2 atom stereocenters. The smallest absolute Gasteiger partial charge is 0.122 e. The van der Waals surface area contributed by atoms with E-state index in [1.54, 1.807) is 0 Å². The second-order valence-electron chi connectivity index (χ2n) is 13.3. The number of aliphatic hydroxyl groups is 2. The van der Waals surface area contributed by atoms with Crippen LogP contribution >= 0.6 is 0 Å². The summed E-state index contributed by atoms with van der Waals surface area (Å²) in [4.78, 5) is 0. The highest BCUT2D eigenvalue weighted by Crippen LogP contribution is 2.29. The number of hydrogen-bond acceptors (Lipinski definition) is 6. The van der Waals surface area contributed by atoms with Gasteiger partial charge in [-0.15, -0.1) is 0 Å². The van der Waals surface area contributed by atoms with Crippen molar-refractivity contribution in [2.75, 3.05) is 33.0 Å². The molecule has 0 aliphatic carbocycles. The van der Waals surface area contributed by atoms with Gasteiger partial charge in [-0.05, 0) is 77.1 Å². The van der Waals surface area contributed by atoms with Crippen LogP contribution in [0.3, 0.4) is 0 Å². The lowest BCUT2D eigenvalue weighted by Crippen LogP contribution is -2.25. The van der Waals surface area contributed by atoms with Crippen molar-refractivity contribution in [2.24, 2.45) is 0 Å². The minimum absolute atomic E-state index is 0.119. The molecule has 2 N–H and O–H groups in total. The van der Waals surface area contributed by atoms with Gasteiger partial charge in [-0.2, -0.15) is 0 Å². The molecule has 0 heterocycles. The molecule has 0 aliphatic rings. The Morgan fingerprint density at radius 3 is 1.45 bits per heavy atom. The van der Waals surface area contributed by atoms with Crippen LogP contribution in [0.25, 0.3) is 0 Å². The van der Waals surface area contributed by atoms with E-state index in [0.717, 1.165) is 23.7 Å². The number of ether oxygens (including phenoxy) is 4. The Morgan fingerprint density at radius 1 is 0.591 bits per heavy atom. The van der Waals surface area contributed by atoms with E-state index in [4.69, 9.17) is 18.9 Å². The van der Waals surface area contributed by atoms with Crippen LogP contribution < -0.4 is 14.2 Å². The van der Waals surface area contributed by atoms with Crippen molar-refractivity contribution in [1.82, 2.24) is 0 Å². The van der Waals surface area contributed by atoms with E-state index in [2.05, 4.69) is 85.7 Å². The largest absolute Gasteiger partial charge is 0.491 e. The molecule has 0 amide bonds. The Hall–Kier alpha value is -3.06. The van der Waals surface area contributed by atoms with Crippen LogP contribution in [0.5, 0.6) is 17.2 Å². The van der Waals surface area contributed by atoms with Crippen LogP contribution in [0, 0.1) is 0 Å². The van der Waals surface area contributed by atoms with Crippen LogP contribution in [0.1, 0.15) is 91.3 Å². The molecule has 0 radical (unpaired) electrons. The molecule has 3 rings (SSSR count). The van der Waals surface area contributed by atoms with Crippen molar-refractivity contribution >= 4 is 0 Å². The van der Waals surface area contributed by atoms with Crippen molar-refractivity contribution in [1.29, 1.82) is 0 Å². The van der Waals surface area contributed by atoms with Gasteiger partial charge in [0.2, 0.25) is 0 Å². The Balaban J connectivity index is 0.000000329. The zero-order valence-corrected chi connectivity index (χ0v) is 28.4. The van der Waals surface area contributed by atoms with Gasteiger partial charge in [-0.25, -0.2) is 0 Å². The van der Waals surface area contributed by atoms with Gasteiger partial charge in [0.1, 0.15) is 49.3 Å². The molecule has 0 aliphatic heterocycles. The lowest BCUT2D eigenvalue weighted by atomic mass is 9.87. The summed E-state index contributed by atoms with van der Waals surface area (Å²) in [6.07, 6.45) is -0.184. The molecule has 0 fully saturated rings. The quantitative estimate of drug-likeness (QED) is 0.193. The molecule has 0 aromatic heterocycles. The summed E-state index contributed by atoms with van der Waals surface area (Å²) in [7, 11) is 0. The lowest BCUT2D eigenvalue weighted by molar-refractivity contribution is 0.0162. The van der Waals surface area contributed by atoms with E-state index in [0.29, 0.717) is 19.1 Å². The maximum atomic E-state index is 10.1. The van der Waals surface area contributed by atoms with E-state index in [-0.39, 0.29) is 30.7 Å². The third-order valence-corrected chi connectivity index (χ3v) is 7.33. The third kappa shape index (κ3) is 13.3. The zero-order chi connectivity index (χ0) is 32.8. The van der Waals surface area contributed by atoms with Gasteiger partial charge in [0.15, 0.2) is 0 Å². The molecule has 0 bridgehead atoms. The predicted octanol–water partition coefficient (Wildman–Crippen LogP) is 8.08. The zero-order valence-electron chi connectivity index (χ0n) is 28.4. The maximum absolute atomic E-state index is 10.1. The molecule has 44 heavy (non-hydrogen) atoms. The summed E-state index contributed by atoms with van der Waals surface area (Å²) in [5, 5.41) is 19.8. The molecule has 0 saturated heterocycles. The summed E-state index contributed by atoms with van der Waals surface area (Å²) in [5.74, 6) is 2.84. The summed E-state index contributed by atoms with van der Waals surface area (Å²) in [6.45, 7) is 20.9. The normalized spacial score (nSPS) is 13.1. The van der Waals surface area contributed by atoms with Gasteiger partial charge in [-0.3, -0.25) is 0 Å². The highest BCUT2D eigenvalue weighted by Gasteiger charge is 2.15. The topological polar surface area (TPSA) is 77.4 Å². The fourth-order valence-electron chi connectivity index (χ4n) is 4.26. The van der Waals surface area contributed by atoms with E-state index >= 15 is 0 Å². The summed E-state index contributed by atoms with van der Waals surface area (Å²) >= 11 is 0. The summed E-state index contributed by atoms with van der Waals surface area (Å²) < 4.78 is 22.2. The fourth-order valence-corrected chi connectivity index (χ4v) is 4.26. The maximum Gasteiger partial charge on any atom is 0.122 e. The van der Waals surface area contributed by atoms with Gasteiger partial charge in [0.25, 0.3) is 0 Å². The summed E-state index contributed by atoms with van der Waals surface area (Å²) in [6, 6.07) is 24.0. The Bertz CT molecular complexity index is 1130. The van der Waals surface area contributed by atoms with Crippen LogP contribution in [0.2, 0.25) is 0 Å². The van der Waals surface area contributed by atoms with E-state index < -0.39 is 12.2 Å². The highest BCUT2D eigenvalue weighted by molar-refractivity contribution is 5.36. The SMILES string of the molecule is CC(C)(C)c1ccc(OCC(O)COc2ccc(C(C)(C)C)cc2)cc1.CCOCC(O)COc1ccccc1C(C)CC. The number of rotatable bonds is 14. The van der Waals surface area contributed by atoms with Crippen molar-refractivity contribution in [2.45, 2.75) is 97.7 Å². The minimum Gasteiger partial charge on any atom is -0.491 e. The van der Waals surface area contributed by atoms with E-state index in [1.807, 2.05) is 49.4 Å². The molecule has 3 aromatic carbocycles. The molecule has 6 nitrogen and oxygen atoms in total. The average molecular weight is 609 g/mol. The van der Waals surface area contributed by atoms with Gasteiger partial charge < -0.3 is 29.2 Å². The first-order valence-corrected chi connectivity index (χ1v) is 15.9. The standard InChI is InChI=1S/C23H32O3.C15H24O3/c1-22(2,3)17-7-11-20(12-8-17)25-15-19(24)16-26-21-13-9-18(10-14-21)23(4,5)6;1-4-12(3)14-8-6-7-9-15(14)18-11-13(16)10-17-5-2/h7-14,19,24H,15-16H2,1-6H3;6-9,12-13,16H,4-5,10-11H2,1-3H3. The second-order valence-corrected chi connectivity index (χ2v) is 13.3. The monoisotopic (exact) mass is 608 g/mol. The van der Waals surface area contributed by atoms with Crippen molar-refractivity contribution in [3.05, 3.63) is 89.5 Å². The van der Waals surface area contributed by atoms with Gasteiger partial charge in [0.05, 0.1) is 6.61 Å². The minimum atomic E-state index is -0.681. The first kappa shape index (κ1) is 37.1. The second kappa shape index (κ2) is 18.0. The highest BCUT2D eigenvalue weighted by atomic mass is 16.5. The molecule has 6 heteroatoms. The van der Waals surface area contributed by atoms with Gasteiger partial charge in [0, 0.05) is 6.61 Å². The van der Waals surface area contributed by atoms with Crippen molar-refractivity contribution < 1.29 is 29.2 Å². The average Bonchev–Trinajstić information content (AvgIpc) is 3.00. The fraction of sp³-hybridized carbons (Fsp3) is 0.526. The molecular weight excluding hydrogens is 552 g/mol.